The molecule has 1 aliphatic rings. The van der Waals surface area contributed by atoms with Crippen molar-refractivity contribution in [3.63, 3.8) is 0 Å². The van der Waals surface area contributed by atoms with Crippen LogP contribution in [0.2, 0.25) is 0 Å². The maximum absolute atomic E-state index is 12.7. The minimum Gasteiger partial charge on any atom is -0.379 e. The molecule has 2 aromatic rings. The number of aromatic nitrogens is 1. The fraction of sp³-hybridized carbons (Fsp3) is 0.333. The minimum absolute atomic E-state index is 0.0967. The molecule has 0 amide bonds. The summed E-state index contributed by atoms with van der Waals surface area (Å²) in [5.74, 6) is 0.0197. The van der Waals surface area contributed by atoms with Crippen molar-refractivity contribution >= 4 is 16.7 Å². The molecule has 19 heavy (non-hydrogen) atoms. The van der Waals surface area contributed by atoms with Crippen molar-refractivity contribution in [1.29, 1.82) is 0 Å². The summed E-state index contributed by atoms with van der Waals surface area (Å²) < 4.78 is 5.42. The molecule has 0 radical (unpaired) electrons. The van der Waals surface area contributed by atoms with E-state index in [1.54, 1.807) is 6.20 Å². The van der Waals surface area contributed by atoms with Gasteiger partial charge in [-0.15, -0.1) is 0 Å². The first kappa shape index (κ1) is 12.3. The Morgan fingerprint density at radius 2 is 2.21 bits per heavy atom. The second kappa shape index (κ2) is 5.07. The predicted octanol–water partition coefficient (Wildman–Crippen LogP) is 1.65. The Morgan fingerprint density at radius 1 is 1.32 bits per heavy atom. The van der Waals surface area contributed by atoms with Gasteiger partial charge >= 0.3 is 0 Å². The van der Waals surface area contributed by atoms with Gasteiger partial charge in [-0.2, -0.15) is 0 Å². The van der Waals surface area contributed by atoms with Gasteiger partial charge in [-0.05, 0) is 19.2 Å². The zero-order valence-electron chi connectivity index (χ0n) is 10.8. The molecule has 1 saturated heterocycles. The first-order valence-electron chi connectivity index (χ1n) is 6.44. The lowest BCUT2D eigenvalue weighted by molar-refractivity contribution is 0.0894. The molecule has 4 heteroatoms. The average molecular weight is 256 g/mol. The van der Waals surface area contributed by atoms with Crippen molar-refractivity contribution in [1.82, 2.24) is 10.3 Å². The second-order valence-corrected chi connectivity index (χ2v) is 4.78. The summed E-state index contributed by atoms with van der Waals surface area (Å²) in [6, 6.07) is 9.58. The first-order chi connectivity index (χ1) is 9.31. The Morgan fingerprint density at radius 3 is 3.05 bits per heavy atom. The largest absolute Gasteiger partial charge is 0.379 e. The van der Waals surface area contributed by atoms with E-state index in [9.17, 15) is 4.79 Å². The van der Waals surface area contributed by atoms with Crippen molar-refractivity contribution in [3.8, 4) is 0 Å². The lowest BCUT2D eigenvalue weighted by Gasteiger charge is -2.16. The zero-order valence-corrected chi connectivity index (χ0v) is 10.8. The lowest BCUT2D eigenvalue weighted by atomic mass is 9.91. The highest BCUT2D eigenvalue weighted by molar-refractivity contribution is 6.08. The van der Waals surface area contributed by atoms with E-state index < -0.39 is 0 Å². The molecule has 2 unspecified atom stereocenters. The number of benzene rings is 1. The Hall–Kier alpha value is -1.78. The Labute approximate surface area is 111 Å². The third kappa shape index (κ3) is 2.13. The Balaban J connectivity index is 2.02. The second-order valence-electron chi connectivity index (χ2n) is 4.78. The van der Waals surface area contributed by atoms with Crippen molar-refractivity contribution in [2.24, 2.45) is 5.92 Å². The van der Waals surface area contributed by atoms with Crippen LogP contribution in [0, 0.1) is 5.92 Å². The van der Waals surface area contributed by atoms with Gasteiger partial charge in [0.25, 0.3) is 0 Å². The molecule has 1 fully saturated rings. The van der Waals surface area contributed by atoms with Gasteiger partial charge in [0.05, 0.1) is 24.6 Å². The number of carbonyl (C=O) groups is 1. The average Bonchev–Trinajstić information content (AvgIpc) is 2.94. The maximum Gasteiger partial charge on any atom is 0.170 e. The minimum atomic E-state index is -0.115. The number of likely N-dealkylation sites (N-methyl/N-ethyl adjacent to an activating group) is 1. The normalized spacial score (nSPS) is 22.8. The molecular weight excluding hydrogens is 240 g/mol. The number of hydrogen-bond donors (Lipinski definition) is 1. The van der Waals surface area contributed by atoms with Crippen LogP contribution in [0.3, 0.4) is 0 Å². The van der Waals surface area contributed by atoms with E-state index in [4.69, 9.17) is 4.74 Å². The van der Waals surface area contributed by atoms with Gasteiger partial charge in [-0.1, -0.05) is 18.2 Å². The molecule has 2 heterocycles. The van der Waals surface area contributed by atoms with E-state index in [-0.39, 0.29) is 17.7 Å². The van der Waals surface area contributed by atoms with E-state index >= 15 is 0 Å². The number of nitrogens with zero attached hydrogens (tertiary/aromatic N) is 1. The lowest BCUT2D eigenvalue weighted by Crippen LogP contribution is -2.37. The Bertz CT molecular complexity index is 607. The summed E-state index contributed by atoms with van der Waals surface area (Å²) in [6.07, 6.45) is 1.74. The number of carbonyl (C=O) groups excluding carboxylic acids is 1. The third-order valence-corrected chi connectivity index (χ3v) is 3.70. The highest BCUT2D eigenvalue weighted by atomic mass is 16.5. The van der Waals surface area contributed by atoms with Crippen LogP contribution in [0.4, 0.5) is 0 Å². The van der Waals surface area contributed by atoms with E-state index in [0.717, 1.165) is 16.5 Å². The van der Waals surface area contributed by atoms with Crippen LogP contribution in [-0.4, -0.2) is 37.1 Å². The van der Waals surface area contributed by atoms with Gasteiger partial charge < -0.3 is 10.1 Å². The van der Waals surface area contributed by atoms with Gasteiger partial charge in [0.1, 0.15) is 0 Å². The topological polar surface area (TPSA) is 51.2 Å². The highest BCUT2D eigenvalue weighted by Crippen LogP contribution is 2.24. The molecule has 0 saturated carbocycles. The number of rotatable bonds is 3. The highest BCUT2D eigenvalue weighted by Gasteiger charge is 2.34. The number of nitrogens with one attached hydrogen (secondary N) is 1. The molecule has 1 N–H and O–H groups in total. The summed E-state index contributed by atoms with van der Waals surface area (Å²) in [5.41, 5.74) is 1.59. The van der Waals surface area contributed by atoms with Crippen molar-refractivity contribution in [3.05, 3.63) is 42.1 Å². The standard InChI is InChI=1S/C15H16N2O2/c1-16-14-9-19-8-12(14)15(18)11-4-2-6-13-10(11)5-3-7-17-13/h2-7,12,14,16H,8-9H2,1H3. The summed E-state index contributed by atoms with van der Waals surface area (Å²) in [7, 11) is 1.87. The van der Waals surface area contributed by atoms with Crippen molar-refractivity contribution in [2.45, 2.75) is 6.04 Å². The molecule has 1 aromatic carbocycles. The van der Waals surface area contributed by atoms with Crippen LogP contribution in [0.1, 0.15) is 10.4 Å². The van der Waals surface area contributed by atoms with Gasteiger partial charge in [0, 0.05) is 23.2 Å². The quantitative estimate of drug-likeness (QED) is 0.848. The zero-order chi connectivity index (χ0) is 13.2. The number of fused-ring (bicyclic) bond motifs is 1. The van der Waals surface area contributed by atoms with Crippen LogP contribution >= 0.6 is 0 Å². The predicted molar refractivity (Wildman–Crippen MR) is 73.2 cm³/mol. The van der Waals surface area contributed by atoms with Gasteiger partial charge in [-0.25, -0.2) is 0 Å². The molecule has 1 aromatic heterocycles. The number of hydrogen-bond acceptors (Lipinski definition) is 4. The van der Waals surface area contributed by atoms with E-state index in [2.05, 4.69) is 10.3 Å². The van der Waals surface area contributed by atoms with Crippen molar-refractivity contribution in [2.75, 3.05) is 20.3 Å². The number of pyridine rings is 1. The van der Waals surface area contributed by atoms with Gasteiger partial charge in [0.2, 0.25) is 0 Å². The number of Topliss-reactive ketones (excluding diaryl/α,β-unsaturated/α-hetero) is 1. The fourth-order valence-electron chi connectivity index (χ4n) is 2.62. The molecule has 4 nitrogen and oxygen atoms in total. The van der Waals surface area contributed by atoms with E-state index in [0.29, 0.717) is 13.2 Å². The Kier molecular flexibility index (Phi) is 3.27. The third-order valence-electron chi connectivity index (χ3n) is 3.70. The van der Waals surface area contributed by atoms with E-state index in [1.807, 2.05) is 37.4 Å². The van der Waals surface area contributed by atoms with Gasteiger partial charge in [0.15, 0.2) is 5.78 Å². The summed E-state index contributed by atoms with van der Waals surface area (Å²) in [6.45, 7) is 1.08. The molecular formula is C15H16N2O2. The molecule has 0 spiro atoms. The monoisotopic (exact) mass is 256 g/mol. The maximum atomic E-state index is 12.7. The molecule has 1 aliphatic heterocycles. The van der Waals surface area contributed by atoms with Crippen LogP contribution in [-0.2, 0) is 4.74 Å². The van der Waals surface area contributed by atoms with Crippen molar-refractivity contribution < 1.29 is 9.53 Å². The smallest absolute Gasteiger partial charge is 0.170 e. The molecule has 0 aliphatic carbocycles. The number of ether oxygens (including phenoxy) is 1. The van der Waals surface area contributed by atoms with Crippen LogP contribution in [0.25, 0.3) is 10.9 Å². The SMILES string of the molecule is CNC1COCC1C(=O)c1cccc2ncccc12. The fourth-order valence-corrected chi connectivity index (χ4v) is 2.62. The van der Waals surface area contributed by atoms with Crippen LogP contribution < -0.4 is 5.32 Å². The first-order valence-corrected chi connectivity index (χ1v) is 6.44. The van der Waals surface area contributed by atoms with Crippen LogP contribution in [0.5, 0.6) is 0 Å². The molecule has 3 rings (SSSR count). The van der Waals surface area contributed by atoms with Gasteiger partial charge in [-0.3, -0.25) is 9.78 Å². The summed E-state index contributed by atoms with van der Waals surface area (Å²) in [4.78, 5) is 17.0. The molecule has 98 valence electrons. The number of ketones is 1. The molecule has 0 bridgehead atoms. The van der Waals surface area contributed by atoms with E-state index in [1.165, 1.54) is 0 Å². The summed E-state index contributed by atoms with van der Waals surface area (Å²) >= 11 is 0. The molecule has 2 atom stereocenters. The summed E-state index contributed by atoms with van der Waals surface area (Å²) in [5, 5.41) is 4.06. The van der Waals surface area contributed by atoms with Crippen LogP contribution in [0.15, 0.2) is 36.5 Å².